The predicted molar refractivity (Wildman–Crippen MR) is 85.6 cm³/mol. The minimum atomic E-state index is -0.212. The van der Waals surface area contributed by atoms with Crippen molar-refractivity contribution in [1.82, 2.24) is 0 Å². The average Bonchev–Trinajstić information content (AvgIpc) is 2.38. The van der Waals surface area contributed by atoms with E-state index in [-0.39, 0.29) is 5.82 Å². The summed E-state index contributed by atoms with van der Waals surface area (Å²) < 4.78 is 13.2. The van der Waals surface area contributed by atoms with E-state index in [1.807, 2.05) is 38.2 Å². The zero-order valence-corrected chi connectivity index (χ0v) is 12.4. The van der Waals surface area contributed by atoms with E-state index in [1.165, 1.54) is 6.07 Å². The molecule has 0 fully saturated rings. The molecule has 0 unspecified atom stereocenters. The predicted octanol–water partition coefficient (Wildman–Crippen LogP) is 3.40. The quantitative estimate of drug-likeness (QED) is 0.874. The first-order valence-electron chi connectivity index (χ1n) is 6.33. The zero-order valence-electron chi connectivity index (χ0n) is 11.6. The van der Waals surface area contributed by atoms with Gasteiger partial charge in [0.2, 0.25) is 0 Å². The van der Waals surface area contributed by atoms with Gasteiger partial charge in [0, 0.05) is 24.8 Å². The van der Waals surface area contributed by atoms with Crippen molar-refractivity contribution >= 4 is 22.9 Å². The fourth-order valence-electron chi connectivity index (χ4n) is 2.16. The molecule has 2 aromatic rings. The highest BCUT2D eigenvalue weighted by Gasteiger charge is 2.07. The number of nitrogens with zero attached hydrogens (tertiary/aromatic N) is 1. The van der Waals surface area contributed by atoms with Crippen molar-refractivity contribution in [3.8, 4) is 0 Å². The molecule has 0 amide bonds. The normalized spacial score (nSPS) is 10.3. The largest absolute Gasteiger partial charge is 0.389 e. The van der Waals surface area contributed by atoms with Crippen molar-refractivity contribution in [3.05, 3.63) is 65.0 Å². The molecule has 0 spiro atoms. The fraction of sp³-hybridized carbons (Fsp3) is 0.188. The van der Waals surface area contributed by atoms with Crippen LogP contribution in [0, 0.1) is 12.7 Å². The van der Waals surface area contributed by atoms with Crippen LogP contribution < -0.4 is 10.6 Å². The van der Waals surface area contributed by atoms with Gasteiger partial charge in [0.1, 0.15) is 10.8 Å². The van der Waals surface area contributed by atoms with E-state index in [4.69, 9.17) is 18.0 Å². The van der Waals surface area contributed by atoms with Gasteiger partial charge in [-0.3, -0.25) is 0 Å². The molecule has 2 aromatic carbocycles. The summed E-state index contributed by atoms with van der Waals surface area (Å²) in [6.45, 7) is 2.62. The topological polar surface area (TPSA) is 29.3 Å². The summed E-state index contributed by atoms with van der Waals surface area (Å²) in [4.78, 5) is 2.47. The van der Waals surface area contributed by atoms with Gasteiger partial charge in [0.15, 0.2) is 0 Å². The molecule has 0 aromatic heterocycles. The number of nitrogens with two attached hydrogens (primary N) is 1. The van der Waals surface area contributed by atoms with E-state index < -0.39 is 0 Å². The molecule has 0 saturated carbocycles. The van der Waals surface area contributed by atoms with Crippen molar-refractivity contribution in [2.24, 2.45) is 5.73 Å². The number of rotatable bonds is 4. The molecule has 2 N–H and O–H groups in total. The molecule has 2 nitrogen and oxygen atoms in total. The highest BCUT2D eigenvalue weighted by molar-refractivity contribution is 7.80. The standard InChI is InChI=1S/C16H17FN2S/c1-11-8-14(6-7-15(11)16(18)20)19(2)10-12-4-3-5-13(17)9-12/h3-9H,10H2,1-2H3,(H2,18,20). The summed E-state index contributed by atoms with van der Waals surface area (Å²) in [6.07, 6.45) is 0. The Morgan fingerprint density at radius 3 is 2.60 bits per heavy atom. The monoisotopic (exact) mass is 288 g/mol. The summed E-state index contributed by atoms with van der Waals surface area (Å²) in [5.74, 6) is -0.212. The number of hydrogen-bond acceptors (Lipinski definition) is 2. The Labute approximate surface area is 124 Å². The lowest BCUT2D eigenvalue weighted by atomic mass is 10.1. The van der Waals surface area contributed by atoms with Crippen LogP contribution in [0.25, 0.3) is 0 Å². The van der Waals surface area contributed by atoms with Crippen LogP contribution in [0.5, 0.6) is 0 Å². The summed E-state index contributed by atoms with van der Waals surface area (Å²) >= 11 is 5.00. The molecule has 0 radical (unpaired) electrons. The maximum atomic E-state index is 13.2. The van der Waals surface area contributed by atoms with Gasteiger partial charge in [-0.2, -0.15) is 0 Å². The Bertz CT molecular complexity index is 640. The Morgan fingerprint density at radius 1 is 1.25 bits per heavy atom. The third kappa shape index (κ3) is 3.33. The SMILES string of the molecule is Cc1cc(N(C)Cc2cccc(F)c2)ccc1C(N)=S. The second-order valence-electron chi connectivity index (χ2n) is 4.85. The molecule has 2 rings (SSSR count). The molecule has 0 bridgehead atoms. The molecule has 104 valence electrons. The molecular weight excluding hydrogens is 271 g/mol. The second kappa shape index (κ2) is 6.01. The van der Waals surface area contributed by atoms with Gasteiger partial charge in [-0.1, -0.05) is 24.4 Å². The van der Waals surface area contributed by atoms with Crippen molar-refractivity contribution in [3.63, 3.8) is 0 Å². The van der Waals surface area contributed by atoms with Crippen LogP contribution in [-0.2, 0) is 6.54 Å². The van der Waals surface area contributed by atoms with Crippen molar-refractivity contribution in [1.29, 1.82) is 0 Å². The van der Waals surface area contributed by atoms with Crippen LogP contribution in [0.2, 0.25) is 0 Å². The molecular formula is C16H17FN2S. The van der Waals surface area contributed by atoms with Gasteiger partial charge in [-0.15, -0.1) is 0 Å². The van der Waals surface area contributed by atoms with E-state index in [0.717, 1.165) is 22.4 Å². The van der Waals surface area contributed by atoms with Crippen LogP contribution >= 0.6 is 12.2 Å². The summed E-state index contributed by atoms with van der Waals surface area (Å²) in [6, 6.07) is 12.6. The van der Waals surface area contributed by atoms with Crippen molar-refractivity contribution < 1.29 is 4.39 Å². The first kappa shape index (κ1) is 14.5. The smallest absolute Gasteiger partial charge is 0.123 e. The van der Waals surface area contributed by atoms with Crippen molar-refractivity contribution in [2.45, 2.75) is 13.5 Å². The summed E-state index contributed by atoms with van der Waals surface area (Å²) in [5.41, 5.74) is 9.57. The molecule has 0 aliphatic rings. The van der Waals surface area contributed by atoms with Gasteiger partial charge >= 0.3 is 0 Å². The van der Waals surface area contributed by atoms with E-state index >= 15 is 0 Å². The maximum Gasteiger partial charge on any atom is 0.123 e. The number of thiocarbonyl (C=S) groups is 1. The van der Waals surface area contributed by atoms with E-state index in [2.05, 4.69) is 4.90 Å². The highest BCUT2D eigenvalue weighted by Crippen LogP contribution is 2.20. The lowest BCUT2D eigenvalue weighted by Gasteiger charge is -2.20. The lowest BCUT2D eigenvalue weighted by Crippen LogP contribution is -2.17. The molecule has 20 heavy (non-hydrogen) atoms. The molecule has 0 aliphatic heterocycles. The van der Waals surface area contributed by atoms with Gasteiger partial charge in [-0.05, 0) is 48.4 Å². The number of halogens is 1. The van der Waals surface area contributed by atoms with Crippen LogP contribution in [0.4, 0.5) is 10.1 Å². The maximum absolute atomic E-state index is 13.2. The van der Waals surface area contributed by atoms with Gasteiger partial charge in [-0.25, -0.2) is 4.39 Å². The second-order valence-corrected chi connectivity index (χ2v) is 5.29. The minimum absolute atomic E-state index is 0.212. The first-order chi connectivity index (χ1) is 9.47. The van der Waals surface area contributed by atoms with Crippen LogP contribution in [0.3, 0.4) is 0 Å². The van der Waals surface area contributed by atoms with Crippen LogP contribution in [-0.4, -0.2) is 12.0 Å². The van der Waals surface area contributed by atoms with Gasteiger partial charge < -0.3 is 10.6 Å². The number of anilines is 1. The number of hydrogen-bond donors (Lipinski definition) is 1. The van der Waals surface area contributed by atoms with E-state index in [0.29, 0.717) is 11.5 Å². The fourth-order valence-corrected chi connectivity index (χ4v) is 2.39. The van der Waals surface area contributed by atoms with E-state index in [9.17, 15) is 4.39 Å². The molecule has 0 saturated heterocycles. The van der Waals surface area contributed by atoms with E-state index in [1.54, 1.807) is 12.1 Å². The Balaban J connectivity index is 2.19. The summed E-state index contributed by atoms with van der Waals surface area (Å²) in [5, 5.41) is 0. The third-order valence-electron chi connectivity index (χ3n) is 3.22. The van der Waals surface area contributed by atoms with Gasteiger partial charge in [0.05, 0.1) is 0 Å². The zero-order chi connectivity index (χ0) is 14.7. The minimum Gasteiger partial charge on any atom is -0.389 e. The Hall–Kier alpha value is -1.94. The molecule has 0 aliphatic carbocycles. The van der Waals surface area contributed by atoms with Crippen LogP contribution in [0.15, 0.2) is 42.5 Å². The third-order valence-corrected chi connectivity index (χ3v) is 3.44. The van der Waals surface area contributed by atoms with Crippen molar-refractivity contribution in [2.75, 3.05) is 11.9 Å². The number of benzene rings is 2. The Morgan fingerprint density at radius 2 is 2.00 bits per heavy atom. The highest BCUT2D eigenvalue weighted by atomic mass is 32.1. The average molecular weight is 288 g/mol. The summed E-state index contributed by atoms with van der Waals surface area (Å²) in [7, 11) is 1.97. The van der Waals surface area contributed by atoms with Gasteiger partial charge in [0.25, 0.3) is 0 Å². The molecule has 0 atom stereocenters. The molecule has 4 heteroatoms. The molecule has 0 heterocycles. The Kier molecular flexibility index (Phi) is 4.35. The number of aryl methyl sites for hydroxylation is 1. The lowest BCUT2D eigenvalue weighted by molar-refractivity contribution is 0.625. The first-order valence-corrected chi connectivity index (χ1v) is 6.74. The van der Waals surface area contributed by atoms with Crippen LogP contribution in [0.1, 0.15) is 16.7 Å².